The highest BCUT2D eigenvalue weighted by Crippen LogP contribution is 2.34. The number of hydrogen-bond acceptors (Lipinski definition) is 5. The summed E-state index contributed by atoms with van der Waals surface area (Å²) >= 11 is 12.0. The van der Waals surface area contributed by atoms with Gasteiger partial charge in [-0.25, -0.2) is 10.2 Å². The minimum absolute atomic E-state index is 0.158. The summed E-state index contributed by atoms with van der Waals surface area (Å²) in [6.07, 6.45) is 1.37. The maximum atomic E-state index is 13.3. The van der Waals surface area contributed by atoms with E-state index in [9.17, 15) is 14.9 Å². The molecule has 0 aliphatic rings. The van der Waals surface area contributed by atoms with E-state index in [2.05, 4.69) is 21.6 Å². The number of hydrazone groups is 1. The first kappa shape index (κ1) is 25.7. The van der Waals surface area contributed by atoms with Gasteiger partial charge in [0.2, 0.25) is 0 Å². The second-order valence-corrected chi connectivity index (χ2v) is 9.18. The Morgan fingerprint density at radius 1 is 0.949 bits per heavy atom. The predicted molar refractivity (Wildman–Crippen MR) is 151 cm³/mol. The summed E-state index contributed by atoms with van der Waals surface area (Å²) in [5.41, 5.74) is 5.84. The zero-order valence-electron chi connectivity index (χ0n) is 20.1. The lowest BCUT2D eigenvalue weighted by atomic mass is 10.0. The fraction of sp³-hybridized carbons (Fsp3) is 0. The van der Waals surface area contributed by atoms with E-state index < -0.39 is 11.9 Å². The number of H-pyrrole nitrogens is 1. The van der Waals surface area contributed by atoms with Gasteiger partial charge in [-0.2, -0.15) is 10.4 Å². The van der Waals surface area contributed by atoms with Gasteiger partial charge in [0.05, 0.1) is 27.9 Å². The first-order valence-electron chi connectivity index (χ1n) is 11.7. The van der Waals surface area contributed by atoms with Gasteiger partial charge < -0.3 is 9.72 Å². The maximum Gasteiger partial charge on any atom is 0.345 e. The lowest BCUT2D eigenvalue weighted by Crippen LogP contribution is -2.19. The highest BCUT2D eigenvalue weighted by atomic mass is 35.5. The lowest BCUT2D eigenvalue weighted by molar-refractivity contribution is 0.0734. The van der Waals surface area contributed by atoms with Crippen LogP contribution in [0.3, 0.4) is 0 Å². The van der Waals surface area contributed by atoms with Crippen molar-refractivity contribution in [1.82, 2.24) is 10.4 Å². The number of rotatable bonds is 6. The molecule has 1 aromatic heterocycles. The van der Waals surface area contributed by atoms with Crippen molar-refractivity contribution >= 4 is 52.2 Å². The maximum absolute atomic E-state index is 13.3. The van der Waals surface area contributed by atoms with Crippen LogP contribution in [-0.2, 0) is 0 Å². The van der Waals surface area contributed by atoms with Crippen molar-refractivity contribution in [3.05, 3.63) is 123 Å². The SMILES string of the molecule is N#Cc1cccc2c(-c3ccccc3)c(C(=O)NN=Cc3ccccc3OC(=O)c3ccc(Cl)cc3Cl)[nH]c12. The van der Waals surface area contributed by atoms with Gasteiger partial charge in [-0.05, 0) is 42.0 Å². The molecule has 5 rings (SSSR count). The van der Waals surface area contributed by atoms with Gasteiger partial charge in [0, 0.05) is 21.5 Å². The molecule has 0 spiro atoms. The number of benzene rings is 4. The minimum atomic E-state index is -0.666. The van der Waals surface area contributed by atoms with Crippen molar-refractivity contribution < 1.29 is 14.3 Å². The van der Waals surface area contributed by atoms with Crippen molar-refractivity contribution in [2.24, 2.45) is 5.10 Å². The second-order valence-electron chi connectivity index (χ2n) is 8.33. The molecule has 1 amide bonds. The van der Waals surface area contributed by atoms with Gasteiger partial charge in [0.25, 0.3) is 5.91 Å². The van der Waals surface area contributed by atoms with E-state index >= 15 is 0 Å². The first-order valence-corrected chi connectivity index (χ1v) is 12.4. The van der Waals surface area contributed by atoms with E-state index in [4.69, 9.17) is 27.9 Å². The molecule has 0 fully saturated rings. The largest absolute Gasteiger partial charge is 0.422 e. The Morgan fingerprint density at radius 2 is 1.72 bits per heavy atom. The van der Waals surface area contributed by atoms with Crippen molar-refractivity contribution in [1.29, 1.82) is 5.26 Å². The van der Waals surface area contributed by atoms with Crippen LogP contribution in [0.25, 0.3) is 22.0 Å². The Morgan fingerprint density at radius 3 is 2.49 bits per heavy atom. The fourth-order valence-corrected chi connectivity index (χ4v) is 4.58. The van der Waals surface area contributed by atoms with E-state index in [1.165, 1.54) is 18.3 Å². The molecule has 0 bridgehead atoms. The molecule has 9 heteroatoms. The van der Waals surface area contributed by atoms with E-state index in [-0.39, 0.29) is 22.0 Å². The molecule has 190 valence electrons. The average molecular weight is 553 g/mol. The van der Waals surface area contributed by atoms with Crippen LogP contribution in [0.1, 0.15) is 32.0 Å². The average Bonchev–Trinajstić information content (AvgIpc) is 3.34. The third-order valence-electron chi connectivity index (χ3n) is 5.89. The smallest absolute Gasteiger partial charge is 0.345 e. The van der Waals surface area contributed by atoms with Crippen molar-refractivity contribution in [2.45, 2.75) is 0 Å². The Kier molecular flexibility index (Phi) is 7.41. The number of nitrogens with zero attached hydrogens (tertiary/aromatic N) is 2. The number of carbonyl (C=O) groups excluding carboxylic acids is 2. The normalized spacial score (nSPS) is 10.9. The summed E-state index contributed by atoms with van der Waals surface area (Å²) in [6, 6.07) is 28.1. The molecule has 0 saturated heterocycles. The Labute approximate surface area is 233 Å². The Hall–Kier alpha value is -4.90. The van der Waals surface area contributed by atoms with E-state index in [0.29, 0.717) is 27.2 Å². The topological polar surface area (TPSA) is 107 Å². The van der Waals surface area contributed by atoms with Crippen LogP contribution in [0.2, 0.25) is 10.0 Å². The van der Waals surface area contributed by atoms with Crippen LogP contribution >= 0.6 is 23.2 Å². The summed E-state index contributed by atoms with van der Waals surface area (Å²) < 4.78 is 5.53. The van der Waals surface area contributed by atoms with Gasteiger partial charge in [0.1, 0.15) is 17.5 Å². The summed E-state index contributed by atoms with van der Waals surface area (Å²) in [5.74, 6) is -0.950. The molecule has 7 nitrogen and oxygen atoms in total. The number of nitrogens with one attached hydrogen (secondary N) is 2. The monoisotopic (exact) mass is 552 g/mol. The summed E-state index contributed by atoms with van der Waals surface area (Å²) in [6.45, 7) is 0. The van der Waals surface area contributed by atoms with Crippen LogP contribution in [0.5, 0.6) is 5.75 Å². The van der Waals surface area contributed by atoms with Gasteiger partial charge in [-0.3, -0.25) is 4.79 Å². The standard InChI is InChI=1S/C30H18Cl2N4O3/c31-21-13-14-22(24(32)15-21)30(38)39-25-12-5-4-9-20(25)17-34-36-29(37)28-26(18-7-2-1-3-8-18)23-11-6-10-19(16-33)27(23)35-28/h1-15,17,35H,(H,36,37). The number of carbonyl (C=O) groups is 2. The molecule has 0 radical (unpaired) electrons. The number of esters is 1. The first-order chi connectivity index (χ1) is 19.0. The van der Waals surface area contributed by atoms with Crippen LogP contribution in [0.4, 0.5) is 0 Å². The van der Waals surface area contributed by atoms with Crippen molar-refractivity contribution in [3.8, 4) is 22.9 Å². The zero-order valence-corrected chi connectivity index (χ0v) is 21.6. The molecular formula is C30H18Cl2N4O3. The molecule has 1 heterocycles. The molecule has 5 aromatic rings. The number of amides is 1. The summed E-state index contributed by atoms with van der Waals surface area (Å²) in [5, 5.41) is 15.0. The molecular weight excluding hydrogens is 535 g/mol. The molecule has 0 aliphatic carbocycles. The van der Waals surface area contributed by atoms with E-state index in [1.807, 2.05) is 36.4 Å². The van der Waals surface area contributed by atoms with Gasteiger partial charge in [-0.15, -0.1) is 0 Å². The highest BCUT2D eigenvalue weighted by Gasteiger charge is 2.21. The predicted octanol–water partition coefficient (Wildman–Crippen LogP) is 7.00. The van der Waals surface area contributed by atoms with Gasteiger partial charge in [-0.1, -0.05) is 77.8 Å². The molecule has 2 N–H and O–H groups in total. The van der Waals surface area contributed by atoms with E-state index in [0.717, 1.165) is 10.9 Å². The molecule has 39 heavy (non-hydrogen) atoms. The van der Waals surface area contributed by atoms with Crippen LogP contribution in [-0.4, -0.2) is 23.1 Å². The number of ether oxygens (including phenoxy) is 1. The highest BCUT2D eigenvalue weighted by molar-refractivity contribution is 6.36. The van der Waals surface area contributed by atoms with Crippen LogP contribution in [0.15, 0.2) is 96.1 Å². The van der Waals surface area contributed by atoms with Gasteiger partial charge in [0.15, 0.2) is 0 Å². The minimum Gasteiger partial charge on any atom is -0.422 e. The van der Waals surface area contributed by atoms with Gasteiger partial charge >= 0.3 is 5.97 Å². The summed E-state index contributed by atoms with van der Waals surface area (Å²) in [4.78, 5) is 29.0. The lowest BCUT2D eigenvalue weighted by Gasteiger charge is -2.08. The molecule has 0 atom stereocenters. The number of nitriles is 1. The number of aromatic amines is 1. The molecule has 0 unspecified atom stereocenters. The van der Waals surface area contributed by atoms with Crippen molar-refractivity contribution in [2.75, 3.05) is 0 Å². The quantitative estimate of drug-likeness (QED) is 0.102. The third kappa shape index (κ3) is 5.39. The van der Waals surface area contributed by atoms with Crippen LogP contribution in [0, 0.1) is 11.3 Å². The van der Waals surface area contributed by atoms with Crippen molar-refractivity contribution in [3.63, 3.8) is 0 Å². The summed E-state index contributed by atoms with van der Waals surface area (Å²) in [7, 11) is 0. The number of hydrogen-bond donors (Lipinski definition) is 2. The molecule has 0 saturated carbocycles. The molecule has 0 aliphatic heterocycles. The van der Waals surface area contributed by atoms with E-state index in [1.54, 1.807) is 42.5 Å². The number of fused-ring (bicyclic) bond motifs is 1. The Bertz CT molecular complexity index is 1790. The zero-order chi connectivity index (χ0) is 27.4. The third-order valence-corrected chi connectivity index (χ3v) is 6.43. The Balaban J connectivity index is 1.41. The fourth-order valence-electron chi connectivity index (χ4n) is 4.09. The second kappa shape index (κ2) is 11.2. The van der Waals surface area contributed by atoms with Crippen LogP contribution < -0.4 is 10.2 Å². The number of aromatic nitrogens is 1. The number of halogens is 2. The number of para-hydroxylation sites is 2. The molecule has 4 aromatic carbocycles.